The Labute approximate surface area is 398 Å². The molecule has 0 N–H and O–H groups in total. The monoisotopic (exact) mass is 880 g/mol. The third kappa shape index (κ3) is 5.23. The van der Waals surface area contributed by atoms with Crippen molar-refractivity contribution < 1.29 is 8.83 Å². The van der Waals surface area contributed by atoms with Gasteiger partial charge >= 0.3 is 0 Å². The predicted octanol–water partition coefficient (Wildman–Crippen LogP) is 17.9. The molecule has 2 heterocycles. The summed E-state index contributed by atoms with van der Waals surface area (Å²) in [6, 6.07) is 87.8. The summed E-state index contributed by atoms with van der Waals surface area (Å²) < 4.78 is 14.6. The zero-order chi connectivity index (χ0) is 45.2. The molecule has 2 aromatic heterocycles. The van der Waals surface area contributed by atoms with Crippen molar-refractivity contribution in [3.05, 3.63) is 265 Å². The number of hydrogen-bond donors (Lipinski definition) is 0. The van der Waals surface area contributed by atoms with Gasteiger partial charge in [-0.2, -0.15) is 0 Å². The molecular weight excluding hydrogens is 841 g/mol. The molecule has 0 atom stereocenters. The van der Waals surface area contributed by atoms with Crippen LogP contribution in [0, 0.1) is 0 Å². The highest BCUT2D eigenvalue weighted by molar-refractivity contribution is 6.27. The summed E-state index contributed by atoms with van der Waals surface area (Å²) in [4.78, 5) is 4.78. The smallest absolute Gasteiger partial charge is 0.160 e. The van der Waals surface area contributed by atoms with Gasteiger partial charge in [0.2, 0.25) is 0 Å². The minimum Gasteiger partial charge on any atom is -0.454 e. The van der Waals surface area contributed by atoms with Gasteiger partial charge < -0.3 is 18.6 Å². The fourth-order valence-electron chi connectivity index (χ4n) is 12.1. The number of hydrogen-bond acceptors (Lipinski definition) is 4. The molecule has 0 bridgehead atoms. The molecule has 0 amide bonds. The molecule has 69 heavy (non-hydrogen) atoms. The maximum Gasteiger partial charge on any atom is 0.160 e. The number of anilines is 6. The van der Waals surface area contributed by atoms with Crippen LogP contribution >= 0.6 is 0 Å². The summed E-state index contributed by atoms with van der Waals surface area (Å²) in [5.74, 6) is 0. The van der Waals surface area contributed by atoms with Crippen molar-refractivity contribution in [3.8, 4) is 22.3 Å². The second-order valence-corrected chi connectivity index (χ2v) is 18.3. The number of rotatable bonds is 6. The van der Waals surface area contributed by atoms with Gasteiger partial charge in [0.15, 0.2) is 11.2 Å². The first-order valence-electron chi connectivity index (χ1n) is 23.7. The van der Waals surface area contributed by atoms with E-state index in [4.69, 9.17) is 8.83 Å². The minimum atomic E-state index is -0.759. The van der Waals surface area contributed by atoms with E-state index in [1.807, 2.05) is 0 Å². The lowest BCUT2D eigenvalue weighted by Crippen LogP contribution is -2.26. The van der Waals surface area contributed by atoms with Gasteiger partial charge in [-0.15, -0.1) is 0 Å². The van der Waals surface area contributed by atoms with E-state index in [9.17, 15) is 0 Å². The number of fused-ring (bicyclic) bond motifs is 19. The van der Waals surface area contributed by atoms with Crippen LogP contribution in [0.4, 0.5) is 34.1 Å². The normalized spacial score (nSPS) is 13.0. The second kappa shape index (κ2) is 14.4. The van der Waals surface area contributed by atoms with Gasteiger partial charge in [0.25, 0.3) is 0 Å². The van der Waals surface area contributed by atoms with Crippen molar-refractivity contribution in [2.45, 2.75) is 5.41 Å². The van der Waals surface area contributed by atoms with Crippen molar-refractivity contribution in [1.82, 2.24) is 0 Å². The first-order chi connectivity index (χ1) is 34.3. The Morgan fingerprint density at radius 1 is 0.304 bits per heavy atom. The average Bonchev–Trinajstić information content (AvgIpc) is 4.15. The third-order valence-electron chi connectivity index (χ3n) is 14.8. The Hall–Kier alpha value is -9.12. The molecule has 15 rings (SSSR count). The zero-order valence-electron chi connectivity index (χ0n) is 37.3. The highest BCUT2D eigenvalue weighted by Crippen LogP contribution is 2.68. The van der Waals surface area contributed by atoms with Crippen molar-refractivity contribution in [2.24, 2.45) is 0 Å². The van der Waals surface area contributed by atoms with E-state index < -0.39 is 5.41 Å². The van der Waals surface area contributed by atoms with Gasteiger partial charge in [-0.1, -0.05) is 170 Å². The van der Waals surface area contributed by atoms with Crippen LogP contribution in [0.1, 0.15) is 22.3 Å². The number of para-hydroxylation sites is 5. The molecule has 2 aliphatic rings. The lowest BCUT2D eigenvalue weighted by atomic mass is 9.70. The summed E-state index contributed by atoms with van der Waals surface area (Å²) in [7, 11) is 0. The minimum absolute atomic E-state index is 0.759. The molecule has 0 unspecified atom stereocenters. The van der Waals surface area contributed by atoms with Crippen LogP contribution in [0.5, 0.6) is 0 Å². The van der Waals surface area contributed by atoms with Crippen molar-refractivity contribution >= 4 is 88.8 Å². The summed E-state index contributed by atoms with van der Waals surface area (Å²) in [6.07, 6.45) is 0. The van der Waals surface area contributed by atoms with E-state index in [1.165, 1.54) is 55.3 Å². The van der Waals surface area contributed by atoms with Crippen LogP contribution in [-0.4, -0.2) is 0 Å². The van der Waals surface area contributed by atoms with E-state index in [1.54, 1.807) is 0 Å². The van der Waals surface area contributed by atoms with E-state index >= 15 is 0 Å². The van der Waals surface area contributed by atoms with Crippen molar-refractivity contribution in [3.63, 3.8) is 0 Å². The highest BCUT2D eigenvalue weighted by Gasteiger charge is 2.54. The fourth-order valence-corrected chi connectivity index (χ4v) is 12.1. The Bertz CT molecular complexity index is 4120. The summed E-state index contributed by atoms with van der Waals surface area (Å²) in [6.45, 7) is 0. The maximum atomic E-state index is 7.31. The molecule has 4 heteroatoms. The molecule has 4 nitrogen and oxygen atoms in total. The van der Waals surface area contributed by atoms with E-state index in [0.717, 1.165) is 78.0 Å². The molecule has 13 aromatic rings. The lowest BCUT2D eigenvalue weighted by Gasteiger charge is -2.33. The molecular formula is C65H40N2O2. The van der Waals surface area contributed by atoms with Gasteiger partial charge in [0.1, 0.15) is 11.2 Å². The number of benzene rings is 11. The Morgan fingerprint density at radius 3 is 1.22 bits per heavy atom. The summed E-state index contributed by atoms with van der Waals surface area (Å²) in [5, 5.41) is 6.67. The van der Waals surface area contributed by atoms with Crippen molar-refractivity contribution in [1.29, 1.82) is 0 Å². The quantitative estimate of drug-likeness (QED) is 0.167. The van der Waals surface area contributed by atoms with Gasteiger partial charge in [-0.25, -0.2) is 0 Å². The van der Waals surface area contributed by atoms with Crippen LogP contribution in [0.25, 0.3) is 76.9 Å². The van der Waals surface area contributed by atoms with Gasteiger partial charge in [0.05, 0.1) is 16.8 Å². The Balaban J connectivity index is 1.17. The fraction of sp³-hybridized carbons (Fsp3) is 0.0154. The molecule has 0 fully saturated rings. The van der Waals surface area contributed by atoms with Crippen LogP contribution in [0.2, 0.25) is 0 Å². The molecule has 11 aromatic carbocycles. The van der Waals surface area contributed by atoms with Gasteiger partial charge in [-0.3, -0.25) is 0 Å². The van der Waals surface area contributed by atoms with E-state index in [0.29, 0.717) is 0 Å². The van der Waals surface area contributed by atoms with Crippen LogP contribution in [0.3, 0.4) is 0 Å². The molecule has 0 radical (unpaired) electrons. The zero-order valence-corrected chi connectivity index (χ0v) is 37.3. The molecule has 322 valence electrons. The van der Waals surface area contributed by atoms with E-state index in [-0.39, 0.29) is 0 Å². The van der Waals surface area contributed by atoms with Crippen LogP contribution < -0.4 is 9.80 Å². The predicted molar refractivity (Wildman–Crippen MR) is 284 cm³/mol. The standard InChI is InChI=1S/C65H40N2O2/c1-4-22-43(23-5-1)66(44-24-6-2-7-25-44)55-39-53-61(59-49-30-14-18-34-57(49)68-63(55)59)62-54(65(53)51-32-16-12-28-47(51)48-29-13-17-33-52(48)65)40-56(64-60(62)50-31-15-19-35-58(50)69-64)67(45-26-8-3-9-27-45)46-37-36-41-20-10-11-21-42(41)38-46/h1-40H. The molecule has 1 spiro atoms. The molecule has 0 saturated heterocycles. The highest BCUT2D eigenvalue weighted by atomic mass is 16.3. The van der Waals surface area contributed by atoms with Gasteiger partial charge in [0, 0.05) is 44.3 Å². The van der Waals surface area contributed by atoms with Crippen LogP contribution in [-0.2, 0) is 5.41 Å². The topological polar surface area (TPSA) is 32.8 Å². The number of furan rings is 2. The summed E-state index contributed by atoms with van der Waals surface area (Å²) >= 11 is 0. The van der Waals surface area contributed by atoms with E-state index in [2.05, 4.69) is 252 Å². The first-order valence-corrected chi connectivity index (χ1v) is 23.7. The maximum absolute atomic E-state index is 7.31. The third-order valence-corrected chi connectivity index (χ3v) is 14.8. The van der Waals surface area contributed by atoms with Crippen molar-refractivity contribution in [2.75, 3.05) is 9.80 Å². The van der Waals surface area contributed by atoms with Crippen LogP contribution in [0.15, 0.2) is 251 Å². The largest absolute Gasteiger partial charge is 0.454 e. The Kier molecular flexibility index (Phi) is 7.96. The lowest BCUT2D eigenvalue weighted by molar-refractivity contribution is 0.668. The Morgan fingerprint density at radius 2 is 0.710 bits per heavy atom. The van der Waals surface area contributed by atoms with Gasteiger partial charge in [-0.05, 0) is 128 Å². The average molecular weight is 881 g/mol. The molecule has 2 aliphatic carbocycles. The second-order valence-electron chi connectivity index (χ2n) is 18.3. The first kappa shape index (κ1) is 38.0. The summed E-state index contributed by atoms with van der Waals surface area (Å²) in [5.41, 5.74) is 18.4. The molecule has 0 aliphatic heterocycles. The number of nitrogens with zero attached hydrogens (tertiary/aromatic N) is 2. The SMILES string of the molecule is c1ccc(N(c2ccccc2)c2cc3c(c4c2oc2ccccc24)-c2c(cc(N(c4ccccc4)c4ccc5ccccc5c4)c4oc5ccccc5c24)C32c3ccccc3-c3ccccc32)cc1. The molecule has 0 saturated carbocycles.